The Morgan fingerprint density at radius 2 is 2.11 bits per heavy atom. The molecule has 0 aromatic heterocycles. The summed E-state index contributed by atoms with van der Waals surface area (Å²) >= 11 is 0. The van der Waals surface area contributed by atoms with Crippen LogP contribution in [-0.4, -0.2) is 6.54 Å². The molecule has 1 aromatic rings. The lowest BCUT2D eigenvalue weighted by Crippen LogP contribution is -2.29. The zero-order valence-corrected chi connectivity index (χ0v) is 12.2. The van der Waals surface area contributed by atoms with Crippen molar-refractivity contribution < 1.29 is 4.39 Å². The van der Waals surface area contributed by atoms with Gasteiger partial charge in [0.1, 0.15) is 5.82 Å². The molecule has 0 radical (unpaired) electrons. The lowest BCUT2D eigenvalue weighted by Gasteiger charge is -2.36. The molecule has 0 aliphatic heterocycles. The lowest BCUT2D eigenvalue weighted by molar-refractivity contribution is 0.230. The number of nitrogens with two attached hydrogens (primary N) is 1. The number of hydrogen-bond donors (Lipinski definition) is 1. The summed E-state index contributed by atoms with van der Waals surface area (Å²) in [6, 6.07) is 5.73. The lowest BCUT2D eigenvalue weighted by atomic mass is 9.70. The van der Waals surface area contributed by atoms with E-state index in [1.54, 1.807) is 6.07 Å². The molecule has 3 unspecified atom stereocenters. The van der Waals surface area contributed by atoms with Gasteiger partial charge >= 0.3 is 0 Å². The maximum Gasteiger partial charge on any atom is 0.126 e. The molecule has 2 heteroatoms. The van der Waals surface area contributed by atoms with E-state index < -0.39 is 0 Å². The Hall–Kier alpha value is -0.890. The second-order valence-corrected chi connectivity index (χ2v) is 6.08. The maximum absolute atomic E-state index is 13.8. The van der Waals surface area contributed by atoms with Gasteiger partial charge in [0.05, 0.1) is 0 Å². The molecule has 1 nitrogen and oxygen atoms in total. The Labute approximate surface area is 116 Å². The summed E-state index contributed by atoms with van der Waals surface area (Å²) in [5.74, 6) is 1.69. The van der Waals surface area contributed by atoms with Gasteiger partial charge in [-0.15, -0.1) is 0 Å². The Morgan fingerprint density at radius 1 is 1.32 bits per heavy atom. The topological polar surface area (TPSA) is 26.0 Å². The van der Waals surface area contributed by atoms with E-state index >= 15 is 0 Å². The molecule has 19 heavy (non-hydrogen) atoms. The predicted octanol–water partition coefficient (Wildman–Crippen LogP) is 4.39. The van der Waals surface area contributed by atoms with Crippen LogP contribution in [0.2, 0.25) is 0 Å². The van der Waals surface area contributed by atoms with Gasteiger partial charge in [0.2, 0.25) is 0 Å². The van der Waals surface area contributed by atoms with Gasteiger partial charge in [-0.2, -0.15) is 0 Å². The monoisotopic (exact) mass is 263 g/mol. The first kappa shape index (κ1) is 14.5. The number of rotatable bonds is 4. The zero-order valence-electron chi connectivity index (χ0n) is 12.2. The van der Waals surface area contributed by atoms with Gasteiger partial charge in [0, 0.05) is 0 Å². The van der Waals surface area contributed by atoms with Crippen LogP contribution in [0.25, 0.3) is 0 Å². The van der Waals surface area contributed by atoms with E-state index in [0.717, 1.165) is 23.6 Å². The fraction of sp³-hybridized carbons (Fsp3) is 0.647. The molecule has 3 atom stereocenters. The highest BCUT2D eigenvalue weighted by Gasteiger charge is 2.30. The van der Waals surface area contributed by atoms with Crippen molar-refractivity contribution in [1.29, 1.82) is 0 Å². The number of aryl methyl sites for hydroxylation is 1. The van der Waals surface area contributed by atoms with E-state index in [1.165, 1.54) is 32.1 Å². The minimum Gasteiger partial charge on any atom is -0.330 e. The highest BCUT2D eigenvalue weighted by molar-refractivity contribution is 5.27. The molecule has 0 amide bonds. The summed E-state index contributed by atoms with van der Waals surface area (Å²) < 4.78 is 13.8. The fourth-order valence-corrected chi connectivity index (χ4v) is 3.52. The standard InChI is InChI=1S/C17H26FN/c1-3-4-13-6-8-15(11-19)16(9-13)14-7-5-12(2)17(18)10-14/h5,7,10,13,15-16H,3-4,6,8-9,11,19H2,1-2H3. The average molecular weight is 263 g/mol. The summed E-state index contributed by atoms with van der Waals surface area (Å²) in [5.41, 5.74) is 7.81. The van der Waals surface area contributed by atoms with E-state index in [1.807, 2.05) is 13.0 Å². The smallest absolute Gasteiger partial charge is 0.126 e. The van der Waals surface area contributed by atoms with E-state index in [2.05, 4.69) is 13.0 Å². The van der Waals surface area contributed by atoms with Crippen LogP contribution in [0.5, 0.6) is 0 Å². The molecule has 1 fully saturated rings. The van der Waals surface area contributed by atoms with Crippen molar-refractivity contribution in [2.45, 2.75) is 51.9 Å². The maximum atomic E-state index is 13.8. The molecule has 1 aliphatic carbocycles. The minimum absolute atomic E-state index is 0.0779. The predicted molar refractivity (Wildman–Crippen MR) is 78.7 cm³/mol. The molecule has 106 valence electrons. The van der Waals surface area contributed by atoms with E-state index in [0.29, 0.717) is 11.8 Å². The van der Waals surface area contributed by atoms with Crippen LogP contribution in [0.1, 0.15) is 56.1 Å². The summed E-state index contributed by atoms with van der Waals surface area (Å²) in [7, 11) is 0. The van der Waals surface area contributed by atoms with Crippen molar-refractivity contribution in [2.75, 3.05) is 6.54 Å². The van der Waals surface area contributed by atoms with Crippen molar-refractivity contribution in [3.63, 3.8) is 0 Å². The van der Waals surface area contributed by atoms with Crippen LogP contribution in [0.15, 0.2) is 18.2 Å². The van der Waals surface area contributed by atoms with Crippen molar-refractivity contribution in [2.24, 2.45) is 17.6 Å². The molecule has 0 bridgehead atoms. The van der Waals surface area contributed by atoms with E-state index in [4.69, 9.17) is 5.73 Å². The highest BCUT2D eigenvalue weighted by Crippen LogP contribution is 2.41. The van der Waals surface area contributed by atoms with Crippen molar-refractivity contribution >= 4 is 0 Å². The van der Waals surface area contributed by atoms with Crippen LogP contribution in [0.4, 0.5) is 4.39 Å². The van der Waals surface area contributed by atoms with Crippen LogP contribution >= 0.6 is 0 Å². The average Bonchev–Trinajstić information content (AvgIpc) is 2.42. The first-order chi connectivity index (χ1) is 9.15. The molecule has 0 spiro atoms. The van der Waals surface area contributed by atoms with Gasteiger partial charge in [-0.3, -0.25) is 0 Å². The molecule has 2 N–H and O–H groups in total. The molecule has 0 heterocycles. The van der Waals surface area contributed by atoms with Gasteiger partial charge < -0.3 is 5.73 Å². The first-order valence-electron chi connectivity index (χ1n) is 7.61. The quantitative estimate of drug-likeness (QED) is 0.856. The minimum atomic E-state index is -0.0779. The second kappa shape index (κ2) is 6.51. The normalized spacial score (nSPS) is 27.5. The van der Waals surface area contributed by atoms with Crippen LogP contribution in [-0.2, 0) is 0 Å². The third-order valence-corrected chi connectivity index (χ3v) is 4.73. The summed E-state index contributed by atoms with van der Waals surface area (Å²) in [6.07, 6.45) is 6.20. The molecule has 1 aromatic carbocycles. The highest BCUT2D eigenvalue weighted by atomic mass is 19.1. The SMILES string of the molecule is CCCC1CCC(CN)C(c2ccc(C)c(F)c2)C1. The van der Waals surface area contributed by atoms with Gasteiger partial charge in [0.15, 0.2) is 0 Å². The third kappa shape index (κ3) is 3.36. The van der Waals surface area contributed by atoms with Gasteiger partial charge in [0.25, 0.3) is 0 Å². The third-order valence-electron chi connectivity index (χ3n) is 4.73. The Bertz CT molecular complexity index is 416. The summed E-state index contributed by atoms with van der Waals surface area (Å²) in [5, 5.41) is 0. The van der Waals surface area contributed by atoms with Gasteiger partial charge in [-0.1, -0.05) is 38.3 Å². The first-order valence-corrected chi connectivity index (χ1v) is 7.61. The number of benzene rings is 1. The van der Waals surface area contributed by atoms with E-state index in [9.17, 15) is 4.39 Å². The Balaban J connectivity index is 2.19. The zero-order chi connectivity index (χ0) is 13.8. The second-order valence-electron chi connectivity index (χ2n) is 6.08. The van der Waals surface area contributed by atoms with Crippen molar-refractivity contribution in [1.82, 2.24) is 0 Å². The largest absolute Gasteiger partial charge is 0.330 e. The van der Waals surface area contributed by atoms with Gasteiger partial charge in [-0.05, 0) is 61.3 Å². The summed E-state index contributed by atoms with van der Waals surface area (Å²) in [4.78, 5) is 0. The molecule has 2 rings (SSSR count). The van der Waals surface area contributed by atoms with Crippen LogP contribution < -0.4 is 5.73 Å². The van der Waals surface area contributed by atoms with Crippen molar-refractivity contribution in [3.8, 4) is 0 Å². The fourth-order valence-electron chi connectivity index (χ4n) is 3.52. The van der Waals surface area contributed by atoms with E-state index in [-0.39, 0.29) is 5.82 Å². The molecular formula is C17H26FN. The molecular weight excluding hydrogens is 237 g/mol. The number of hydrogen-bond acceptors (Lipinski definition) is 1. The Morgan fingerprint density at radius 3 is 2.74 bits per heavy atom. The Kier molecular flexibility index (Phi) is 4.98. The number of halogens is 1. The van der Waals surface area contributed by atoms with Crippen LogP contribution in [0.3, 0.4) is 0 Å². The molecule has 1 aliphatic rings. The van der Waals surface area contributed by atoms with Gasteiger partial charge in [-0.25, -0.2) is 4.39 Å². The molecule has 1 saturated carbocycles. The molecule has 0 saturated heterocycles. The summed E-state index contributed by atoms with van der Waals surface area (Å²) in [6.45, 7) is 4.79. The van der Waals surface area contributed by atoms with Crippen molar-refractivity contribution in [3.05, 3.63) is 35.1 Å². The van der Waals surface area contributed by atoms with Crippen LogP contribution in [0, 0.1) is 24.6 Å².